The van der Waals surface area contributed by atoms with E-state index in [2.05, 4.69) is 38.1 Å². The number of hydrogen-bond donors (Lipinski definition) is 2. The maximum absolute atomic E-state index is 11.2. The molecule has 9 heteroatoms. The average molecular weight is 394 g/mol. The smallest absolute Gasteiger partial charge is 0.367 e. The normalized spacial score (nSPS) is 20.2. The largest absolute Gasteiger partial charge is 0.494 e. The molecule has 2 aliphatic heterocycles. The molecule has 0 saturated carbocycles. The number of rotatable bonds is 7. The van der Waals surface area contributed by atoms with Crippen molar-refractivity contribution in [3.05, 3.63) is 29.8 Å². The summed E-state index contributed by atoms with van der Waals surface area (Å²) in [4.78, 5) is 2.49. The van der Waals surface area contributed by atoms with Gasteiger partial charge in [-0.2, -0.15) is 8.42 Å². The van der Waals surface area contributed by atoms with Crippen LogP contribution in [0.15, 0.2) is 33.1 Å². The van der Waals surface area contributed by atoms with E-state index in [1.807, 2.05) is 12.1 Å². The summed E-state index contributed by atoms with van der Waals surface area (Å²) in [6, 6.07) is 8.19. The number of likely N-dealkylation sites (tertiary alicyclic amines) is 1. The minimum absolute atomic E-state index is 0.101. The fraction of sp³-hybridized carbons (Fsp3) is 0.556. The van der Waals surface area contributed by atoms with Gasteiger partial charge < -0.3 is 15.8 Å². The molecule has 27 heavy (non-hydrogen) atoms. The second kappa shape index (κ2) is 8.71. The molecule has 3 rings (SSSR count). The monoisotopic (exact) mass is 393 g/mol. The molecule has 0 unspecified atom stereocenters. The van der Waals surface area contributed by atoms with Gasteiger partial charge in [0.25, 0.3) is 0 Å². The number of nitrogens with two attached hydrogens (primary N) is 1. The number of amidine groups is 2. The highest BCUT2D eigenvalue weighted by Gasteiger charge is 2.21. The number of ether oxygens (including phenoxy) is 1. The minimum Gasteiger partial charge on any atom is -0.494 e. The van der Waals surface area contributed by atoms with Gasteiger partial charge in [-0.3, -0.25) is 4.90 Å². The van der Waals surface area contributed by atoms with Crippen molar-refractivity contribution < 1.29 is 13.2 Å². The van der Waals surface area contributed by atoms with Crippen molar-refractivity contribution in [1.82, 2.24) is 10.2 Å². The average Bonchev–Trinajstić information content (AvgIpc) is 2.89. The molecule has 1 aromatic rings. The Bertz CT molecular complexity index is 814. The molecule has 0 radical (unpaired) electrons. The Balaban J connectivity index is 1.39. The van der Waals surface area contributed by atoms with Crippen LogP contribution < -0.4 is 15.8 Å². The third-order valence-corrected chi connectivity index (χ3v) is 5.57. The lowest BCUT2D eigenvalue weighted by Gasteiger charge is -2.30. The van der Waals surface area contributed by atoms with E-state index in [-0.39, 0.29) is 11.7 Å². The van der Waals surface area contributed by atoms with Gasteiger partial charge in [-0.1, -0.05) is 19.1 Å². The number of hydrogen-bond acceptors (Lipinski definition) is 6. The molecule has 0 spiro atoms. The summed E-state index contributed by atoms with van der Waals surface area (Å²) >= 11 is 0. The molecule has 2 aliphatic rings. The third-order valence-electron chi connectivity index (χ3n) is 4.73. The van der Waals surface area contributed by atoms with Gasteiger partial charge in [-0.15, -0.1) is 8.80 Å². The second-order valence-electron chi connectivity index (χ2n) is 7.10. The summed E-state index contributed by atoms with van der Waals surface area (Å²) in [7, 11) is -3.80. The topological polar surface area (TPSA) is 109 Å². The van der Waals surface area contributed by atoms with E-state index in [0.29, 0.717) is 19.6 Å². The van der Waals surface area contributed by atoms with Crippen LogP contribution in [0.3, 0.4) is 0 Å². The van der Waals surface area contributed by atoms with Crippen LogP contribution in [0.5, 0.6) is 5.75 Å². The van der Waals surface area contributed by atoms with E-state index >= 15 is 0 Å². The summed E-state index contributed by atoms with van der Waals surface area (Å²) < 4.78 is 34.9. The number of benzene rings is 1. The highest BCUT2D eigenvalue weighted by Crippen LogP contribution is 2.20. The molecule has 0 aromatic heterocycles. The number of nitrogens with zero attached hydrogens (tertiary/aromatic N) is 3. The van der Waals surface area contributed by atoms with Gasteiger partial charge in [-0.25, -0.2) is 0 Å². The highest BCUT2D eigenvalue weighted by molar-refractivity contribution is 7.89. The Morgan fingerprint density at radius 3 is 2.78 bits per heavy atom. The Labute approximate surface area is 160 Å². The lowest BCUT2D eigenvalue weighted by molar-refractivity contribution is 0.185. The first-order valence-electron chi connectivity index (χ1n) is 9.30. The molecule has 0 amide bonds. The summed E-state index contributed by atoms with van der Waals surface area (Å²) in [6.07, 6.45) is 3.22. The molecule has 1 fully saturated rings. The molecule has 2 heterocycles. The molecule has 0 atom stereocenters. The van der Waals surface area contributed by atoms with Gasteiger partial charge in [0.15, 0.2) is 11.7 Å². The van der Waals surface area contributed by atoms with Crippen molar-refractivity contribution in [3.8, 4) is 5.75 Å². The van der Waals surface area contributed by atoms with Crippen LogP contribution in [-0.4, -0.2) is 51.2 Å². The second-order valence-corrected chi connectivity index (χ2v) is 8.36. The van der Waals surface area contributed by atoms with Gasteiger partial charge in [0, 0.05) is 13.1 Å². The van der Waals surface area contributed by atoms with Crippen molar-refractivity contribution in [1.29, 1.82) is 0 Å². The molecular weight excluding hydrogens is 366 g/mol. The fourth-order valence-corrected chi connectivity index (χ4v) is 3.92. The van der Waals surface area contributed by atoms with Crippen molar-refractivity contribution in [2.45, 2.75) is 32.7 Å². The molecule has 148 valence electrons. The van der Waals surface area contributed by atoms with Crippen LogP contribution in [0.1, 0.15) is 31.7 Å². The van der Waals surface area contributed by atoms with Crippen LogP contribution in [0, 0.1) is 5.92 Å². The van der Waals surface area contributed by atoms with E-state index in [4.69, 9.17) is 10.5 Å². The van der Waals surface area contributed by atoms with Crippen LogP contribution in [0.2, 0.25) is 0 Å². The number of nitrogens with one attached hydrogen (secondary N) is 1. The molecule has 1 saturated heterocycles. The Morgan fingerprint density at radius 1 is 1.30 bits per heavy atom. The van der Waals surface area contributed by atoms with Gasteiger partial charge >= 0.3 is 10.2 Å². The summed E-state index contributed by atoms with van der Waals surface area (Å²) in [5.74, 6) is 1.68. The summed E-state index contributed by atoms with van der Waals surface area (Å²) in [6.45, 7) is 6.59. The van der Waals surface area contributed by atoms with Crippen molar-refractivity contribution in [3.63, 3.8) is 0 Å². The van der Waals surface area contributed by atoms with Crippen molar-refractivity contribution >= 4 is 21.9 Å². The first kappa shape index (κ1) is 19.6. The van der Waals surface area contributed by atoms with Gasteiger partial charge in [0.2, 0.25) is 0 Å². The quantitative estimate of drug-likeness (QED) is 0.676. The Morgan fingerprint density at radius 2 is 2.07 bits per heavy atom. The maximum Gasteiger partial charge on any atom is 0.367 e. The van der Waals surface area contributed by atoms with Crippen LogP contribution in [0.4, 0.5) is 0 Å². The van der Waals surface area contributed by atoms with E-state index in [0.717, 1.165) is 31.3 Å². The molecule has 3 N–H and O–H groups in total. The molecular formula is C18H27N5O3S. The summed E-state index contributed by atoms with van der Waals surface area (Å²) in [5.41, 5.74) is 6.76. The molecule has 8 nitrogen and oxygen atoms in total. The Hall–Kier alpha value is -2.13. The van der Waals surface area contributed by atoms with Gasteiger partial charge in [0.1, 0.15) is 5.75 Å². The van der Waals surface area contributed by atoms with Crippen LogP contribution in [-0.2, 0) is 16.8 Å². The first-order chi connectivity index (χ1) is 12.9. The standard InChI is InChI=1S/C18H27N5O3S/c1-14-6-9-23(10-7-14)13-15-4-2-5-16(12-15)26-11-3-8-20-18-17(19)21-27(24,25)22-18/h2,4-5,12,14H,3,6-11,13H2,1H3,(H2,19,21)(H,20,22). The number of piperidine rings is 1. The Kier molecular flexibility index (Phi) is 6.33. The third kappa shape index (κ3) is 5.93. The molecule has 0 aliphatic carbocycles. The SMILES string of the molecule is CC1CCN(Cc2cccc(OCCCNC3=NS(=O)(=O)N=C3N)c2)CC1. The highest BCUT2D eigenvalue weighted by atomic mass is 32.2. The summed E-state index contributed by atoms with van der Waals surface area (Å²) in [5, 5.41) is 2.87. The zero-order chi connectivity index (χ0) is 19.3. The predicted molar refractivity (Wildman–Crippen MR) is 106 cm³/mol. The van der Waals surface area contributed by atoms with Crippen LogP contribution >= 0.6 is 0 Å². The molecule has 1 aromatic carbocycles. The zero-order valence-electron chi connectivity index (χ0n) is 15.6. The lowest BCUT2D eigenvalue weighted by Crippen LogP contribution is -2.35. The van der Waals surface area contributed by atoms with E-state index in [1.54, 1.807) is 0 Å². The van der Waals surface area contributed by atoms with Crippen molar-refractivity contribution in [2.75, 3.05) is 26.2 Å². The minimum atomic E-state index is -3.80. The van der Waals surface area contributed by atoms with Gasteiger partial charge in [0.05, 0.1) is 6.61 Å². The van der Waals surface area contributed by atoms with Crippen molar-refractivity contribution in [2.24, 2.45) is 20.4 Å². The van der Waals surface area contributed by atoms with E-state index in [1.165, 1.54) is 18.4 Å². The van der Waals surface area contributed by atoms with E-state index in [9.17, 15) is 8.42 Å². The molecule has 0 bridgehead atoms. The fourth-order valence-electron chi connectivity index (χ4n) is 3.15. The first-order valence-corrected chi connectivity index (χ1v) is 10.7. The lowest BCUT2D eigenvalue weighted by atomic mass is 9.99. The maximum atomic E-state index is 11.2. The van der Waals surface area contributed by atoms with Crippen LogP contribution in [0.25, 0.3) is 0 Å². The predicted octanol–water partition coefficient (Wildman–Crippen LogP) is 1.29. The van der Waals surface area contributed by atoms with E-state index < -0.39 is 10.2 Å². The van der Waals surface area contributed by atoms with Gasteiger partial charge in [-0.05, 0) is 56.0 Å². The zero-order valence-corrected chi connectivity index (χ0v) is 16.4.